The van der Waals surface area contributed by atoms with Gasteiger partial charge in [0.05, 0.1) is 22.4 Å². The van der Waals surface area contributed by atoms with Crippen LogP contribution in [-0.2, 0) is 6.54 Å². The number of pyridine rings is 1. The van der Waals surface area contributed by atoms with Crippen molar-refractivity contribution in [1.82, 2.24) is 24.8 Å². The van der Waals surface area contributed by atoms with Gasteiger partial charge in [-0.2, -0.15) is 0 Å². The van der Waals surface area contributed by atoms with E-state index < -0.39 is 0 Å². The van der Waals surface area contributed by atoms with E-state index in [-0.39, 0.29) is 0 Å². The molecule has 0 spiro atoms. The Morgan fingerprint density at radius 1 is 0.966 bits per heavy atom. The summed E-state index contributed by atoms with van der Waals surface area (Å²) in [6.07, 6.45) is 8.22. The maximum absolute atomic E-state index is 5.19. The first-order chi connectivity index (χ1) is 14.4. The van der Waals surface area contributed by atoms with Crippen molar-refractivity contribution >= 4 is 21.9 Å². The normalized spacial score (nSPS) is 18.1. The van der Waals surface area contributed by atoms with Crippen molar-refractivity contribution < 1.29 is 0 Å². The highest BCUT2D eigenvalue weighted by Gasteiger charge is 2.30. The Balaban J connectivity index is 1.55. The van der Waals surface area contributed by atoms with Crippen LogP contribution in [-0.4, -0.2) is 32.6 Å². The van der Waals surface area contributed by atoms with E-state index in [1.165, 1.54) is 48.7 Å². The van der Waals surface area contributed by atoms with Crippen LogP contribution in [0.1, 0.15) is 43.7 Å². The molecule has 1 aromatic carbocycles. The Labute approximate surface area is 170 Å². The number of aryl methyl sites for hydroxylation is 1. The van der Waals surface area contributed by atoms with Crippen LogP contribution >= 0.6 is 0 Å². The summed E-state index contributed by atoms with van der Waals surface area (Å²) in [5.74, 6) is 2.42. The highest BCUT2D eigenvalue weighted by molar-refractivity contribution is 6.04. The van der Waals surface area contributed by atoms with E-state index in [4.69, 9.17) is 9.97 Å². The van der Waals surface area contributed by atoms with Crippen LogP contribution in [0.2, 0.25) is 0 Å². The van der Waals surface area contributed by atoms with Gasteiger partial charge in [0.15, 0.2) is 5.82 Å². The quantitative estimate of drug-likeness (QED) is 0.516. The third kappa shape index (κ3) is 3.04. The van der Waals surface area contributed by atoms with Crippen LogP contribution in [0.15, 0.2) is 42.6 Å². The van der Waals surface area contributed by atoms with Gasteiger partial charge in [0.1, 0.15) is 5.52 Å². The molecular weight excluding hydrogens is 358 g/mol. The molecule has 0 bridgehead atoms. The second-order valence-corrected chi connectivity index (χ2v) is 8.64. The first-order valence-electron chi connectivity index (χ1n) is 11.0. The Morgan fingerprint density at radius 2 is 1.83 bits per heavy atom. The summed E-state index contributed by atoms with van der Waals surface area (Å²) in [6, 6.07) is 12.8. The number of piperidine rings is 1. The van der Waals surface area contributed by atoms with Gasteiger partial charge in [-0.25, -0.2) is 4.98 Å². The van der Waals surface area contributed by atoms with E-state index in [0.717, 1.165) is 48.1 Å². The number of para-hydroxylation sites is 1. The summed E-state index contributed by atoms with van der Waals surface area (Å²) >= 11 is 0. The summed E-state index contributed by atoms with van der Waals surface area (Å²) in [5, 5.41) is 4.71. The van der Waals surface area contributed by atoms with Crippen LogP contribution < -0.4 is 5.32 Å². The summed E-state index contributed by atoms with van der Waals surface area (Å²) in [7, 11) is 0. The van der Waals surface area contributed by atoms with Crippen LogP contribution in [0.4, 0.5) is 0 Å². The molecule has 3 aromatic heterocycles. The fourth-order valence-electron chi connectivity index (χ4n) is 4.87. The number of fused-ring (bicyclic) bond motifs is 3. The van der Waals surface area contributed by atoms with Gasteiger partial charge >= 0.3 is 0 Å². The molecule has 6 rings (SSSR count). The molecule has 1 saturated carbocycles. The summed E-state index contributed by atoms with van der Waals surface area (Å²) in [4.78, 5) is 13.6. The van der Waals surface area contributed by atoms with Crippen molar-refractivity contribution in [2.75, 3.05) is 13.1 Å². The van der Waals surface area contributed by atoms with Crippen molar-refractivity contribution in [1.29, 1.82) is 0 Å². The molecule has 0 amide bonds. The van der Waals surface area contributed by atoms with Crippen molar-refractivity contribution in [3.8, 4) is 11.5 Å². The van der Waals surface area contributed by atoms with Crippen LogP contribution in [0.3, 0.4) is 0 Å². The molecule has 4 heterocycles. The predicted octanol–water partition coefficient (Wildman–Crippen LogP) is 4.85. The molecule has 0 atom stereocenters. The van der Waals surface area contributed by atoms with E-state index in [1.807, 2.05) is 6.20 Å². The van der Waals surface area contributed by atoms with Gasteiger partial charge in [-0.3, -0.25) is 4.98 Å². The molecular formula is C24H27N5. The van der Waals surface area contributed by atoms with Crippen LogP contribution in [0.5, 0.6) is 0 Å². The molecule has 5 heteroatoms. The van der Waals surface area contributed by atoms with Crippen molar-refractivity contribution in [3.05, 3.63) is 48.3 Å². The lowest BCUT2D eigenvalue weighted by molar-refractivity contribution is 0.340. The first kappa shape index (κ1) is 17.2. The van der Waals surface area contributed by atoms with Gasteiger partial charge in [-0.1, -0.05) is 18.2 Å². The number of benzene rings is 1. The molecule has 148 valence electrons. The lowest BCUT2D eigenvalue weighted by atomic mass is 9.94. The maximum atomic E-state index is 5.19. The Bertz CT molecular complexity index is 1150. The zero-order valence-electron chi connectivity index (χ0n) is 16.7. The minimum absolute atomic E-state index is 0.575. The van der Waals surface area contributed by atoms with Gasteiger partial charge in [0.25, 0.3) is 0 Å². The third-order valence-corrected chi connectivity index (χ3v) is 6.63. The predicted molar refractivity (Wildman–Crippen MR) is 117 cm³/mol. The van der Waals surface area contributed by atoms with E-state index >= 15 is 0 Å². The Morgan fingerprint density at radius 3 is 2.62 bits per heavy atom. The minimum atomic E-state index is 0.575. The lowest BCUT2D eigenvalue weighted by Crippen LogP contribution is -2.28. The molecule has 1 aliphatic heterocycles. The molecule has 5 nitrogen and oxygen atoms in total. The van der Waals surface area contributed by atoms with Gasteiger partial charge < -0.3 is 14.9 Å². The highest BCUT2D eigenvalue weighted by atomic mass is 15.1. The zero-order chi connectivity index (χ0) is 19.2. The molecule has 29 heavy (non-hydrogen) atoms. The van der Waals surface area contributed by atoms with Crippen molar-refractivity contribution in [2.24, 2.45) is 5.92 Å². The number of H-pyrrole nitrogens is 1. The van der Waals surface area contributed by atoms with Crippen LogP contribution in [0, 0.1) is 5.92 Å². The minimum Gasteiger partial charge on any atom is -0.359 e. The smallest absolute Gasteiger partial charge is 0.157 e. The topological polar surface area (TPSA) is 58.5 Å². The molecule has 0 unspecified atom stereocenters. The van der Waals surface area contributed by atoms with E-state index in [1.54, 1.807) is 0 Å². The lowest BCUT2D eigenvalue weighted by Gasteiger charge is -2.23. The largest absolute Gasteiger partial charge is 0.359 e. The average molecular weight is 386 g/mol. The molecule has 2 aliphatic rings. The zero-order valence-corrected chi connectivity index (χ0v) is 16.7. The third-order valence-electron chi connectivity index (χ3n) is 6.63. The van der Waals surface area contributed by atoms with Gasteiger partial charge in [0, 0.05) is 24.0 Å². The van der Waals surface area contributed by atoms with E-state index in [2.05, 4.69) is 51.3 Å². The summed E-state index contributed by atoms with van der Waals surface area (Å²) < 4.78 is 2.47. The second-order valence-electron chi connectivity index (χ2n) is 8.64. The van der Waals surface area contributed by atoms with Crippen LogP contribution in [0.25, 0.3) is 33.5 Å². The molecule has 2 N–H and O–H groups in total. The fraction of sp³-hybridized carbons (Fsp3) is 0.417. The number of hydrogen-bond acceptors (Lipinski definition) is 3. The number of nitrogens with one attached hydrogen (secondary N) is 2. The van der Waals surface area contributed by atoms with Crippen molar-refractivity contribution in [3.63, 3.8) is 0 Å². The first-order valence-corrected chi connectivity index (χ1v) is 11.0. The molecule has 1 aliphatic carbocycles. The SMILES string of the molecule is c1c[nH]c(-c2nc3c(C4CC4)nc4ccccc4c3n2CCC2CCNCC2)c1. The van der Waals surface area contributed by atoms with E-state index in [9.17, 15) is 0 Å². The molecule has 1 saturated heterocycles. The molecule has 4 aromatic rings. The fourth-order valence-corrected chi connectivity index (χ4v) is 4.87. The number of hydrogen-bond donors (Lipinski definition) is 2. The Kier molecular flexibility index (Phi) is 4.15. The maximum Gasteiger partial charge on any atom is 0.157 e. The molecule has 0 radical (unpaired) electrons. The van der Waals surface area contributed by atoms with Crippen molar-refractivity contribution in [2.45, 2.75) is 44.6 Å². The van der Waals surface area contributed by atoms with E-state index in [0.29, 0.717) is 5.92 Å². The highest BCUT2D eigenvalue weighted by Crippen LogP contribution is 2.44. The van der Waals surface area contributed by atoms with Gasteiger partial charge in [-0.15, -0.1) is 0 Å². The average Bonchev–Trinajstić information content (AvgIpc) is 3.32. The second kappa shape index (κ2) is 6.99. The van der Waals surface area contributed by atoms with Gasteiger partial charge in [0.2, 0.25) is 0 Å². The molecule has 2 fully saturated rings. The standard InChI is InChI=1S/C24H27N5/c1-2-5-19-18(4-1)23-22(21(27-19)17-7-8-17)28-24(20-6-3-12-26-20)29(23)15-11-16-9-13-25-14-10-16/h1-6,12,16-17,25-26H,7-11,13-15H2. The monoisotopic (exact) mass is 385 g/mol. The number of rotatable bonds is 5. The summed E-state index contributed by atoms with van der Waals surface area (Å²) in [5.41, 5.74) is 5.78. The number of aromatic amines is 1. The van der Waals surface area contributed by atoms with Gasteiger partial charge in [-0.05, 0) is 69.3 Å². The Hall–Kier alpha value is -2.66. The number of aromatic nitrogens is 4. The summed E-state index contributed by atoms with van der Waals surface area (Å²) in [6.45, 7) is 3.31. The number of imidazole rings is 1. The number of nitrogens with zero attached hydrogens (tertiary/aromatic N) is 3.